The van der Waals surface area contributed by atoms with Crippen molar-refractivity contribution < 1.29 is 19.2 Å². The summed E-state index contributed by atoms with van der Waals surface area (Å²) in [5.74, 6) is -0.252. The summed E-state index contributed by atoms with van der Waals surface area (Å²) in [4.78, 5) is 28.2. The van der Waals surface area contributed by atoms with Crippen molar-refractivity contribution in [2.45, 2.75) is 61.3 Å². The third-order valence-electron chi connectivity index (χ3n) is 4.21. The maximum atomic E-state index is 12.3. The van der Waals surface area contributed by atoms with Gasteiger partial charge in [-0.15, -0.1) is 0 Å². The number of carbonyl (C=O) groups excluding carboxylic acids is 2. The first-order valence-corrected chi connectivity index (χ1v) is 7.74. The van der Waals surface area contributed by atoms with E-state index in [0.29, 0.717) is 12.8 Å². The number of rotatable bonds is 7. The van der Waals surface area contributed by atoms with E-state index in [1.807, 2.05) is 41.5 Å². The lowest BCUT2D eigenvalue weighted by Gasteiger charge is -2.38. The van der Waals surface area contributed by atoms with Gasteiger partial charge in [0, 0.05) is 0 Å². The van der Waals surface area contributed by atoms with E-state index in [1.54, 1.807) is 6.92 Å². The molecule has 1 atom stereocenters. The smallest absolute Gasteiger partial charge is 0.433 e. The van der Waals surface area contributed by atoms with E-state index >= 15 is 0 Å². The number of esters is 1. The standard InChI is InChI=1S/C16H30N2O4/c1-8-12(3)18-22-14(20)17-10-11-21-13(19)16(7,9-2)15(4,5)6/h8-11H2,1-7H3,(H,17,20)/b18-12-. The first-order valence-electron chi connectivity index (χ1n) is 7.74. The van der Waals surface area contributed by atoms with Gasteiger partial charge in [0.1, 0.15) is 6.61 Å². The van der Waals surface area contributed by atoms with Crippen LogP contribution in [-0.4, -0.2) is 30.9 Å². The van der Waals surface area contributed by atoms with E-state index in [4.69, 9.17) is 4.74 Å². The molecule has 0 rings (SSSR count). The van der Waals surface area contributed by atoms with Gasteiger partial charge in [-0.05, 0) is 32.1 Å². The second kappa shape index (κ2) is 8.76. The molecule has 0 bridgehead atoms. The average molecular weight is 314 g/mol. The van der Waals surface area contributed by atoms with Crippen LogP contribution in [0.25, 0.3) is 0 Å². The maximum Gasteiger partial charge on any atom is 0.433 e. The number of ether oxygens (including phenoxy) is 1. The van der Waals surface area contributed by atoms with Crippen molar-refractivity contribution in [3.8, 4) is 0 Å². The minimum atomic E-state index is -0.655. The highest BCUT2D eigenvalue weighted by atomic mass is 16.7. The molecule has 0 radical (unpaired) electrons. The van der Waals surface area contributed by atoms with Crippen molar-refractivity contribution in [1.82, 2.24) is 5.32 Å². The van der Waals surface area contributed by atoms with Crippen molar-refractivity contribution in [1.29, 1.82) is 0 Å². The Hall–Kier alpha value is -1.59. The molecule has 0 aromatic heterocycles. The summed E-state index contributed by atoms with van der Waals surface area (Å²) in [6.07, 6.45) is 0.751. The summed E-state index contributed by atoms with van der Waals surface area (Å²) in [5, 5.41) is 6.12. The molecule has 0 aliphatic rings. The van der Waals surface area contributed by atoms with E-state index < -0.39 is 11.5 Å². The van der Waals surface area contributed by atoms with Crippen LogP contribution < -0.4 is 5.32 Å². The number of carbonyl (C=O) groups is 2. The molecule has 0 saturated carbocycles. The number of hydrogen-bond acceptors (Lipinski definition) is 5. The number of oxime groups is 1. The molecule has 128 valence electrons. The van der Waals surface area contributed by atoms with Gasteiger partial charge in [0.15, 0.2) is 0 Å². The van der Waals surface area contributed by atoms with Crippen LogP contribution in [0.3, 0.4) is 0 Å². The Balaban J connectivity index is 4.21. The molecule has 6 nitrogen and oxygen atoms in total. The molecule has 0 aliphatic heterocycles. The molecule has 0 saturated heterocycles. The van der Waals surface area contributed by atoms with Crippen LogP contribution in [0.5, 0.6) is 0 Å². The maximum absolute atomic E-state index is 12.3. The van der Waals surface area contributed by atoms with Crippen LogP contribution in [0.4, 0.5) is 4.79 Å². The van der Waals surface area contributed by atoms with E-state index in [0.717, 1.165) is 5.71 Å². The fraction of sp³-hybridized carbons (Fsp3) is 0.812. The molecule has 0 heterocycles. The lowest BCUT2D eigenvalue weighted by Crippen LogP contribution is -2.42. The zero-order valence-corrected chi connectivity index (χ0v) is 14.9. The zero-order valence-electron chi connectivity index (χ0n) is 14.9. The quantitative estimate of drug-likeness (QED) is 0.256. The minimum absolute atomic E-state index is 0.107. The van der Waals surface area contributed by atoms with Crippen molar-refractivity contribution >= 4 is 17.8 Å². The highest BCUT2D eigenvalue weighted by molar-refractivity contribution is 5.81. The predicted molar refractivity (Wildman–Crippen MR) is 86.7 cm³/mol. The average Bonchev–Trinajstić information content (AvgIpc) is 2.46. The van der Waals surface area contributed by atoms with Crippen LogP contribution in [0.15, 0.2) is 5.16 Å². The van der Waals surface area contributed by atoms with Gasteiger partial charge < -0.3 is 10.1 Å². The van der Waals surface area contributed by atoms with Gasteiger partial charge in [0.2, 0.25) is 0 Å². The van der Waals surface area contributed by atoms with E-state index in [9.17, 15) is 9.59 Å². The van der Waals surface area contributed by atoms with Crippen LogP contribution in [0.1, 0.15) is 61.3 Å². The van der Waals surface area contributed by atoms with E-state index in [2.05, 4.69) is 15.3 Å². The summed E-state index contributed by atoms with van der Waals surface area (Å²) in [7, 11) is 0. The second-order valence-corrected chi connectivity index (χ2v) is 6.56. The van der Waals surface area contributed by atoms with Crippen LogP contribution in [0, 0.1) is 10.8 Å². The molecule has 0 fully saturated rings. The summed E-state index contributed by atoms with van der Waals surface area (Å²) >= 11 is 0. The molecule has 0 aliphatic carbocycles. The Morgan fingerprint density at radius 2 is 1.73 bits per heavy atom. The Morgan fingerprint density at radius 1 is 1.14 bits per heavy atom. The van der Waals surface area contributed by atoms with Gasteiger partial charge in [0.25, 0.3) is 0 Å². The lowest BCUT2D eigenvalue weighted by atomic mass is 9.66. The molecule has 0 aromatic carbocycles. The highest BCUT2D eigenvalue weighted by Crippen LogP contribution is 2.42. The molecule has 1 unspecified atom stereocenters. The molecular weight excluding hydrogens is 284 g/mol. The highest BCUT2D eigenvalue weighted by Gasteiger charge is 2.43. The van der Waals surface area contributed by atoms with Crippen molar-refractivity contribution in [2.24, 2.45) is 16.0 Å². The van der Waals surface area contributed by atoms with Crippen molar-refractivity contribution in [3.05, 3.63) is 0 Å². The summed E-state index contributed by atoms with van der Waals surface area (Å²) in [6.45, 7) is 13.9. The Labute approximate surface area is 133 Å². The SMILES string of the molecule is CC/C(C)=N\OC(=O)NCCOC(=O)C(C)(CC)C(C)(C)C. The normalized spacial score (nSPS) is 15.0. The molecule has 0 aromatic rings. The molecular formula is C16H30N2O4. The zero-order chi connectivity index (χ0) is 17.4. The van der Waals surface area contributed by atoms with Crippen molar-refractivity contribution in [3.63, 3.8) is 0 Å². The largest absolute Gasteiger partial charge is 0.463 e. The molecule has 6 heteroatoms. The summed E-state index contributed by atoms with van der Waals surface area (Å²) in [5.41, 5.74) is -0.0290. The van der Waals surface area contributed by atoms with Crippen LogP contribution in [-0.2, 0) is 14.4 Å². The summed E-state index contributed by atoms with van der Waals surface area (Å²) in [6, 6.07) is 0. The van der Waals surface area contributed by atoms with Crippen LogP contribution >= 0.6 is 0 Å². The van der Waals surface area contributed by atoms with Gasteiger partial charge in [0.05, 0.1) is 17.7 Å². The molecule has 1 N–H and O–H groups in total. The van der Waals surface area contributed by atoms with Gasteiger partial charge in [-0.25, -0.2) is 4.79 Å². The third-order valence-corrected chi connectivity index (χ3v) is 4.21. The number of nitrogens with zero attached hydrogens (tertiary/aromatic N) is 1. The predicted octanol–water partition coefficient (Wildman–Crippen LogP) is 3.50. The van der Waals surface area contributed by atoms with Crippen molar-refractivity contribution in [2.75, 3.05) is 13.2 Å². The van der Waals surface area contributed by atoms with E-state index in [-0.39, 0.29) is 24.5 Å². The lowest BCUT2D eigenvalue weighted by molar-refractivity contribution is -0.162. The van der Waals surface area contributed by atoms with Crippen LogP contribution in [0.2, 0.25) is 0 Å². The van der Waals surface area contributed by atoms with E-state index in [1.165, 1.54) is 0 Å². The second-order valence-electron chi connectivity index (χ2n) is 6.56. The topological polar surface area (TPSA) is 77.0 Å². The monoisotopic (exact) mass is 314 g/mol. The Kier molecular flexibility index (Phi) is 8.12. The molecule has 22 heavy (non-hydrogen) atoms. The first kappa shape index (κ1) is 20.4. The van der Waals surface area contributed by atoms with Gasteiger partial charge in [-0.2, -0.15) is 0 Å². The molecule has 1 amide bonds. The number of nitrogens with one attached hydrogen (secondary N) is 1. The fourth-order valence-corrected chi connectivity index (χ4v) is 1.65. The first-order chi connectivity index (χ1) is 10.1. The minimum Gasteiger partial charge on any atom is -0.463 e. The van der Waals surface area contributed by atoms with Gasteiger partial charge >= 0.3 is 12.1 Å². The fourth-order valence-electron chi connectivity index (χ4n) is 1.65. The van der Waals surface area contributed by atoms with Gasteiger partial charge in [-0.1, -0.05) is 39.8 Å². The molecule has 0 spiro atoms. The Morgan fingerprint density at radius 3 is 2.18 bits per heavy atom. The number of amides is 1. The van der Waals surface area contributed by atoms with Gasteiger partial charge in [-0.3, -0.25) is 9.63 Å². The third kappa shape index (κ3) is 6.03. The summed E-state index contributed by atoms with van der Waals surface area (Å²) < 4.78 is 5.28. The Bertz CT molecular complexity index is 413. The number of hydrogen-bond donors (Lipinski definition) is 1.